The summed E-state index contributed by atoms with van der Waals surface area (Å²) in [6, 6.07) is 4.06. The van der Waals surface area contributed by atoms with Crippen molar-refractivity contribution >= 4 is 5.95 Å². The Kier molecular flexibility index (Phi) is 5.16. The number of pyridine rings is 1. The lowest BCUT2D eigenvalue weighted by atomic mass is 9.64. The Balaban J connectivity index is 1.39. The zero-order valence-corrected chi connectivity index (χ0v) is 18.9. The summed E-state index contributed by atoms with van der Waals surface area (Å²) in [5.74, 6) is 1.65. The van der Waals surface area contributed by atoms with Gasteiger partial charge in [0, 0.05) is 37.4 Å². The highest BCUT2D eigenvalue weighted by atomic mass is 16.5. The van der Waals surface area contributed by atoms with Gasteiger partial charge in [-0.1, -0.05) is 17.6 Å². The lowest BCUT2D eigenvalue weighted by Crippen LogP contribution is -2.36. The highest BCUT2D eigenvalue weighted by molar-refractivity contribution is 5.58. The van der Waals surface area contributed by atoms with Gasteiger partial charge in [-0.15, -0.1) is 0 Å². The van der Waals surface area contributed by atoms with E-state index >= 15 is 0 Å². The van der Waals surface area contributed by atoms with Crippen LogP contribution in [0.3, 0.4) is 0 Å². The molecule has 2 N–H and O–H groups in total. The summed E-state index contributed by atoms with van der Waals surface area (Å²) in [6.07, 6.45) is 11.8. The molecule has 10 heteroatoms. The summed E-state index contributed by atoms with van der Waals surface area (Å²) in [4.78, 5) is 17.9. The van der Waals surface area contributed by atoms with Crippen LogP contribution in [0.5, 0.6) is 0 Å². The van der Waals surface area contributed by atoms with E-state index < -0.39 is 5.60 Å². The second kappa shape index (κ2) is 8.04. The number of hydrogen-bond donors (Lipinski definition) is 2. The van der Waals surface area contributed by atoms with Gasteiger partial charge in [0.05, 0.1) is 35.0 Å². The van der Waals surface area contributed by atoms with E-state index in [2.05, 4.69) is 36.6 Å². The Morgan fingerprint density at radius 3 is 2.48 bits per heavy atom. The highest BCUT2D eigenvalue weighted by Crippen LogP contribution is 2.48. The van der Waals surface area contributed by atoms with E-state index in [1.165, 1.54) is 0 Å². The van der Waals surface area contributed by atoms with Crippen molar-refractivity contribution in [1.29, 1.82) is 0 Å². The Morgan fingerprint density at radius 2 is 1.88 bits per heavy atom. The van der Waals surface area contributed by atoms with Gasteiger partial charge in [-0.25, -0.2) is 9.97 Å². The maximum Gasteiger partial charge on any atom is 0.261 e. The van der Waals surface area contributed by atoms with Crippen LogP contribution in [0.2, 0.25) is 0 Å². The van der Waals surface area contributed by atoms with Crippen molar-refractivity contribution in [3.63, 3.8) is 0 Å². The summed E-state index contributed by atoms with van der Waals surface area (Å²) in [7, 11) is 1.78. The highest BCUT2D eigenvalue weighted by Gasteiger charge is 2.45. The Morgan fingerprint density at radius 1 is 1.09 bits per heavy atom. The predicted molar refractivity (Wildman–Crippen MR) is 121 cm³/mol. The molecule has 0 unspecified atom stereocenters. The third-order valence-corrected chi connectivity index (χ3v) is 5.98. The van der Waals surface area contributed by atoms with E-state index in [1.54, 1.807) is 50.4 Å². The van der Waals surface area contributed by atoms with E-state index in [-0.39, 0.29) is 5.41 Å². The molecule has 1 aliphatic carbocycles. The molecule has 1 saturated carbocycles. The van der Waals surface area contributed by atoms with Crippen LogP contribution in [0.1, 0.15) is 44.5 Å². The van der Waals surface area contributed by atoms with Gasteiger partial charge in [0.2, 0.25) is 5.95 Å². The topological polar surface area (TPSA) is 128 Å². The first-order chi connectivity index (χ1) is 15.9. The number of rotatable bonds is 7. The fraction of sp³-hybridized carbons (Fsp3) is 0.391. The molecular formula is C23H26N8O2. The maximum atomic E-state index is 10.0. The largest absolute Gasteiger partial charge is 0.389 e. The van der Waals surface area contributed by atoms with Crippen molar-refractivity contribution in [3.05, 3.63) is 54.5 Å². The van der Waals surface area contributed by atoms with Gasteiger partial charge >= 0.3 is 0 Å². The van der Waals surface area contributed by atoms with E-state index in [4.69, 9.17) is 9.51 Å². The third-order valence-electron chi connectivity index (χ3n) is 5.98. The van der Waals surface area contributed by atoms with Crippen molar-refractivity contribution < 1.29 is 9.63 Å². The quantitative estimate of drug-likeness (QED) is 0.440. The molecular weight excluding hydrogens is 420 g/mol. The molecule has 0 aliphatic heterocycles. The molecule has 4 heterocycles. The Hall–Kier alpha value is -3.66. The van der Waals surface area contributed by atoms with E-state index in [0.29, 0.717) is 24.2 Å². The van der Waals surface area contributed by atoms with Crippen LogP contribution < -0.4 is 5.32 Å². The third kappa shape index (κ3) is 4.09. The monoisotopic (exact) mass is 446 g/mol. The van der Waals surface area contributed by atoms with Gasteiger partial charge in [0.15, 0.2) is 5.82 Å². The lowest BCUT2D eigenvalue weighted by molar-refractivity contribution is 0.0577. The minimum Gasteiger partial charge on any atom is -0.389 e. The molecule has 0 spiro atoms. The van der Waals surface area contributed by atoms with Crippen LogP contribution in [0.25, 0.3) is 22.7 Å². The summed E-state index contributed by atoms with van der Waals surface area (Å²) >= 11 is 0. The minimum atomic E-state index is -0.862. The number of anilines is 1. The molecule has 170 valence electrons. The SMILES string of the molecule is CNc1ncc(-c2ccc(C3(c4noc(-c5cnn(CC(C)(C)O)c5)n4)CCC3)cn2)cn1. The van der Waals surface area contributed by atoms with Gasteiger partial charge < -0.3 is 14.9 Å². The van der Waals surface area contributed by atoms with Crippen molar-refractivity contribution in [1.82, 2.24) is 34.9 Å². The zero-order valence-electron chi connectivity index (χ0n) is 18.9. The van der Waals surface area contributed by atoms with Crippen LogP contribution in [0.15, 0.2) is 47.6 Å². The lowest BCUT2D eigenvalue weighted by Gasteiger charge is -2.39. The molecule has 4 aromatic rings. The summed E-state index contributed by atoms with van der Waals surface area (Å²) in [6.45, 7) is 3.85. The fourth-order valence-electron chi connectivity index (χ4n) is 4.10. The van der Waals surface area contributed by atoms with E-state index in [1.807, 2.05) is 12.3 Å². The van der Waals surface area contributed by atoms with Crippen LogP contribution >= 0.6 is 0 Å². The number of hydrogen-bond acceptors (Lipinski definition) is 9. The van der Waals surface area contributed by atoms with Crippen molar-refractivity contribution in [3.8, 4) is 22.7 Å². The number of nitrogens with one attached hydrogen (secondary N) is 1. The summed E-state index contributed by atoms with van der Waals surface area (Å²) < 4.78 is 7.27. The molecule has 1 fully saturated rings. The maximum absolute atomic E-state index is 10.0. The van der Waals surface area contributed by atoms with Crippen molar-refractivity contribution in [2.24, 2.45) is 0 Å². The van der Waals surface area contributed by atoms with Crippen LogP contribution in [-0.2, 0) is 12.0 Å². The zero-order chi connectivity index (χ0) is 23.1. The molecule has 0 bridgehead atoms. The summed E-state index contributed by atoms with van der Waals surface area (Å²) in [5, 5.41) is 21.5. The second-order valence-corrected chi connectivity index (χ2v) is 9.08. The molecule has 33 heavy (non-hydrogen) atoms. The molecule has 0 amide bonds. The summed E-state index contributed by atoms with van der Waals surface area (Å²) in [5.41, 5.74) is 2.29. The molecule has 0 aromatic carbocycles. The van der Waals surface area contributed by atoms with E-state index in [9.17, 15) is 5.11 Å². The molecule has 0 saturated heterocycles. The molecule has 5 rings (SSSR count). The van der Waals surface area contributed by atoms with Crippen LogP contribution in [0, 0.1) is 0 Å². The van der Waals surface area contributed by atoms with Crippen LogP contribution in [-0.4, -0.2) is 52.6 Å². The molecule has 1 aliphatic rings. The van der Waals surface area contributed by atoms with E-state index in [0.717, 1.165) is 41.6 Å². The smallest absolute Gasteiger partial charge is 0.261 e. The fourth-order valence-corrected chi connectivity index (χ4v) is 4.10. The number of aromatic nitrogens is 7. The molecule has 0 radical (unpaired) electrons. The predicted octanol–water partition coefficient (Wildman–Crippen LogP) is 3.07. The normalized spacial score (nSPS) is 15.3. The molecule has 10 nitrogen and oxygen atoms in total. The van der Waals surface area contributed by atoms with Gasteiger partial charge in [-0.2, -0.15) is 10.1 Å². The van der Waals surface area contributed by atoms with Crippen molar-refractivity contribution in [2.45, 2.75) is 50.7 Å². The van der Waals surface area contributed by atoms with Crippen LogP contribution in [0.4, 0.5) is 5.95 Å². The number of aliphatic hydroxyl groups is 1. The Labute approximate surface area is 191 Å². The average molecular weight is 447 g/mol. The van der Waals surface area contributed by atoms with Gasteiger partial charge in [-0.3, -0.25) is 9.67 Å². The Bertz CT molecular complexity index is 1230. The van der Waals surface area contributed by atoms with Gasteiger partial charge in [0.25, 0.3) is 5.89 Å². The first-order valence-electron chi connectivity index (χ1n) is 10.9. The standard InChI is InChI=1S/C23H26N8O2/c1-22(2,32)14-31-13-16(11-28-31)19-29-20(30-33-19)23(7-4-8-23)17-5-6-18(25-12-17)15-9-26-21(24-3)27-10-15/h5-6,9-13,32H,4,7-8,14H2,1-3H3,(H,24,26,27). The molecule has 4 aromatic heterocycles. The first kappa shape index (κ1) is 21.2. The minimum absolute atomic E-state index is 0.303. The second-order valence-electron chi connectivity index (χ2n) is 9.08. The van der Waals surface area contributed by atoms with Gasteiger partial charge in [-0.05, 0) is 38.3 Å². The first-order valence-corrected chi connectivity index (χ1v) is 10.9. The number of nitrogens with zero attached hydrogens (tertiary/aromatic N) is 7. The van der Waals surface area contributed by atoms with Crippen molar-refractivity contribution in [2.75, 3.05) is 12.4 Å². The average Bonchev–Trinajstić information content (AvgIpc) is 3.43. The van der Waals surface area contributed by atoms with Gasteiger partial charge in [0.1, 0.15) is 0 Å². The molecule has 0 atom stereocenters.